The Morgan fingerprint density at radius 3 is 2.65 bits per heavy atom. The van der Waals surface area contributed by atoms with Crippen molar-refractivity contribution in [3.8, 4) is 17.6 Å². The molecule has 0 unspecified atom stereocenters. The maximum Gasteiger partial charge on any atom is 0.183 e. The molecule has 0 aromatic carbocycles. The normalized spacial score (nSPS) is 10.7. The Hall–Kier alpha value is -1.80. The van der Waals surface area contributed by atoms with E-state index in [4.69, 9.17) is 14.7 Å². The van der Waals surface area contributed by atoms with Crippen LogP contribution in [-0.4, -0.2) is 37.2 Å². The number of rotatable bonds is 8. The van der Waals surface area contributed by atoms with Crippen LogP contribution < -0.4 is 9.47 Å². The van der Waals surface area contributed by atoms with Gasteiger partial charge in [-0.1, -0.05) is 13.8 Å². The lowest BCUT2D eigenvalue weighted by Gasteiger charge is -2.24. The summed E-state index contributed by atoms with van der Waals surface area (Å²) in [5.74, 6) is 1.88. The van der Waals surface area contributed by atoms with Crippen LogP contribution in [-0.2, 0) is 6.54 Å². The number of aromatic nitrogens is 1. The summed E-state index contributed by atoms with van der Waals surface area (Å²) in [6, 6.07) is 3.97. The first-order chi connectivity index (χ1) is 9.62. The van der Waals surface area contributed by atoms with E-state index in [1.807, 2.05) is 0 Å². The summed E-state index contributed by atoms with van der Waals surface area (Å²) in [6.45, 7) is 6.63. The Bertz CT molecular complexity index is 455. The van der Waals surface area contributed by atoms with Crippen molar-refractivity contribution in [1.82, 2.24) is 9.88 Å². The first kappa shape index (κ1) is 16.3. The van der Waals surface area contributed by atoms with Gasteiger partial charge < -0.3 is 9.47 Å². The van der Waals surface area contributed by atoms with E-state index in [9.17, 15) is 0 Å². The molecule has 0 spiro atoms. The highest BCUT2D eigenvalue weighted by Crippen LogP contribution is 2.29. The smallest absolute Gasteiger partial charge is 0.183 e. The zero-order valence-electron chi connectivity index (χ0n) is 12.7. The van der Waals surface area contributed by atoms with Crippen LogP contribution in [0.3, 0.4) is 0 Å². The fourth-order valence-electron chi connectivity index (χ4n) is 2.13. The maximum absolute atomic E-state index is 8.76. The maximum atomic E-state index is 8.76. The molecule has 110 valence electrons. The molecule has 1 aromatic heterocycles. The Morgan fingerprint density at radius 1 is 1.35 bits per heavy atom. The molecular weight excluding hydrogens is 254 g/mol. The molecular formula is C15H23N3O2. The number of nitrogens with zero attached hydrogens (tertiary/aromatic N) is 3. The lowest BCUT2D eigenvalue weighted by Crippen LogP contribution is -2.29. The summed E-state index contributed by atoms with van der Waals surface area (Å²) < 4.78 is 10.7. The predicted octanol–water partition coefficient (Wildman–Crippen LogP) is 2.47. The van der Waals surface area contributed by atoms with Crippen molar-refractivity contribution in [3.63, 3.8) is 0 Å². The van der Waals surface area contributed by atoms with Gasteiger partial charge in [0.25, 0.3) is 0 Å². The quantitative estimate of drug-likeness (QED) is 0.730. The number of hydrogen-bond acceptors (Lipinski definition) is 5. The van der Waals surface area contributed by atoms with Gasteiger partial charge in [-0.25, -0.2) is 0 Å². The molecule has 5 heteroatoms. The largest absolute Gasteiger partial charge is 0.493 e. The third-order valence-corrected chi connectivity index (χ3v) is 2.90. The molecule has 0 N–H and O–H groups in total. The van der Waals surface area contributed by atoms with Crippen molar-refractivity contribution in [1.29, 1.82) is 5.26 Å². The number of ether oxygens (including phenoxy) is 2. The highest BCUT2D eigenvalue weighted by molar-refractivity contribution is 5.42. The van der Waals surface area contributed by atoms with Crippen molar-refractivity contribution in [2.75, 3.05) is 27.3 Å². The van der Waals surface area contributed by atoms with Gasteiger partial charge in [-0.05, 0) is 5.92 Å². The minimum Gasteiger partial charge on any atom is -0.493 e. The molecule has 0 fully saturated rings. The van der Waals surface area contributed by atoms with Gasteiger partial charge in [0.1, 0.15) is 5.69 Å². The molecule has 0 radical (unpaired) electrons. The van der Waals surface area contributed by atoms with Crippen LogP contribution in [0.2, 0.25) is 0 Å². The van der Waals surface area contributed by atoms with Crippen LogP contribution in [0.1, 0.15) is 26.0 Å². The molecule has 1 aromatic rings. The third kappa shape index (κ3) is 4.71. The Kier molecular flexibility index (Phi) is 6.82. The molecule has 5 nitrogen and oxygen atoms in total. The third-order valence-electron chi connectivity index (χ3n) is 2.90. The minimum absolute atomic E-state index is 0.513. The second-order valence-corrected chi connectivity index (χ2v) is 5.03. The van der Waals surface area contributed by atoms with Crippen LogP contribution in [0.5, 0.6) is 11.5 Å². The van der Waals surface area contributed by atoms with E-state index in [0.717, 1.165) is 18.8 Å². The summed E-state index contributed by atoms with van der Waals surface area (Å²) in [6.07, 6.45) is 2.23. The Labute approximate surface area is 121 Å². The van der Waals surface area contributed by atoms with Gasteiger partial charge in [0.15, 0.2) is 11.5 Å². The van der Waals surface area contributed by atoms with Gasteiger partial charge in [-0.15, -0.1) is 0 Å². The number of nitriles is 1. The average molecular weight is 277 g/mol. The molecule has 0 aliphatic rings. The second-order valence-electron chi connectivity index (χ2n) is 5.03. The molecule has 0 aliphatic carbocycles. The van der Waals surface area contributed by atoms with E-state index >= 15 is 0 Å². The van der Waals surface area contributed by atoms with E-state index in [-0.39, 0.29) is 0 Å². The molecule has 1 heterocycles. The number of pyridine rings is 1. The number of methoxy groups -OCH3 is 2. The van der Waals surface area contributed by atoms with Crippen molar-refractivity contribution >= 4 is 0 Å². The highest BCUT2D eigenvalue weighted by Gasteiger charge is 2.15. The zero-order valence-corrected chi connectivity index (χ0v) is 12.7. The topological polar surface area (TPSA) is 58.4 Å². The summed E-state index contributed by atoms with van der Waals surface area (Å²) in [5.41, 5.74) is 0.838. The number of hydrogen-bond donors (Lipinski definition) is 0. The van der Waals surface area contributed by atoms with E-state index < -0.39 is 0 Å². The summed E-state index contributed by atoms with van der Waals surface area (Å²) in [4.78, 5) is 6.60. The van der Waals surface area contributed by atoms with E-state index in [1.54, 1.807) is 26.5 Å². The van der Waals surface area contributed by atoms with Gasteiger partial charge in [0.2, 0.25) is 0 Å². The molecule has 0 aliphatic heterocycles. The molecule has 0 amide bonds. The molecule has 0 bridgehead atoms. The Morgan fingerprint density at radius 2 is 2.10 bits per heavy atom. The van der Waals surface area contributed by atoms with Crippen LogP contribution >= 0.6 is 0 Å². The van der Waals surface area contributed by atoms with Crippen LogP contribution in [0.4, 0.5) is 0 Å². The molecule has 20 heavy (non-hydrogen) atoms. The Balaban J connectivity index is 2.89. The average Bonchev–Trinajstić information content (AvgIpc) is 2.43. The molecule has 1 rings (SSSR count). The first-order valence-corrected chi connectivity index (χ1v) is 6.77. The van der Waals surface area contributed by atoms with E-state index in [0.29, 0.717) is 30.4 Å². The van der Waals surface area contributed by atoms with Crippen molar-refractivity contribution in [2.24, 2.45) is 5.92 Å². The van der Waals surface area contributed by atoms with E-state index in [2.05, 4.69) is 29.8 Å². The van der Waals surface area contributed by atoms with Crippen LogP contribution in [0.15, 0.2) is 12.3 Å². The van der Waals surface area contributed by atoms with Gasteiger partial charge in [-0.2, -0.15) is 5.26 Å². The predicted molar refractivity (Wildman–Crippen MR) is 77.7 cm³/mol. The van der Waals surface area contributed by atoms with Crippen molar-refractivity contribution < 1.29 is 9.47 Å². The zero-order chi connectivity index (χ0) is 15.0. The van der Waals surface area contributed by atoms with Crippen molar-refractivity contribution in [2.45, 2.75) is 26.8 Å². The lowest BCUT2D eigenvalue weighted by atomic mass is 10.2. The molecule has 0 atom stereocenters. The second kappa shape index (κ2) is 8.39. The van der Waals surface area contributed by atoms with Gasteiger partial charge in [0.05, 0.1) is 20.3 Å². The van der Waals surface area contributed by atoms with Crippen molar-refractivity contribution in [3.05, 3.63) is 18.0 Å². The summed E-state index contributed by atoms with van der Waals surface area (Å²) in [7, 11) is 3.23. The van der Waals surface area contributed by atoms with E-state index in [1.165, 1.54) is 0 Å². The first-order valence-electron chi connectivity index (χ1n) is 6.77. The fourth-order valence-corrected chi connectivity index (χ4v) is 2.13. The SMILES string of the molecule is COc1ccnc(CN(CCC#N)CC(C)C)c1OC. The van der Waals surface area contributed by atoms with Gasteiger partial charge >= 0.3 is 0 Å². The van der Waals surface area contributed by atoms with Crippen LogP contribution in [0, 0.1) is 17.2 Å². The van der Waals surface area contributed by atoms with Gasteiger partial charge in [0, 0.05) is 38.3 Å². The van der Waals surface area contributed by atoms with Gasteiger partial charge in [-0.3, -0.25) is 9.88 Å². The standard InChI is InChI=1S/C15H23N3O2/c1-12(2)10-18(9-5-7-16)11-13-15(20-4)14(19-3)6-8-17-13/h6,8,12H,5,9-11H2,1-4H3. The molecule has 0 saturated heterocycles. The monoisotopic (exact) mass is 277 g/mol. The molecule has 0 saturated carbocycles. The lowest BCUT2D eigenvalue weighted by molar-refractivity contribution is 0.233. The summed E-state index contributed by atoms with van der Waals surface area (Å²) in [5, 5.41) is 8.76. The highest BCUT2D eigenvalue weighted by atomic mass is 16.5. The van der Waals surface area contributed by atoms with Crippen LogP contribution in [0.25, 0.3) is 0 Å². The fraction of sp³-hybridized carbons (Fsp3) is 0.600. The minimum atomic E-state index is 0.513. The summed E-state index contributed by atoms with van der Waals surface area (Å²) >= 11 is 0.